The summed E-state index contributed by atoms with van der Waals surface area (Å²) < 4.78 is 0. The van der Waals surface area contributed by atoms with Crippen molar-refractivity contribution >= 4 is 39.1 Å². The van der Waals surface area contributed by atoms with Crippen LogP contribution in [0.5, 0.6) is 0 Å². The zero-order valence-electron chi connectivity index (χ0n) is 16.1. The van der Waals surface area contributed by atoms with Gasteiger partial charge in [0.05, 0.1) is 6.42 Å². The molecule has 0 saturated carbocycles. The van der Waals surface area contributed by atoms with E-state index in [9.17, 15) is 9.59 Å². The maximum absolute atomic E-state index is 12.4. The summed E-state index contributed by atoms with van der Waals surface area (Å²) in [5.74, 6) is -0.496. The van der Waals surface area contributed by atoms with Crippen molar-refractivity contribution in [2.24, 2.45) is 0 Å². The van der Waals surface area contributed by atoms with Crippen molar-refractivity contribution in [3.8, 4) is 0 Å². The SMILES string of the molecule is CCCCc1nnc(NC(=O)[C@@H](C)NC(=O)Cc2cccc3ccccc23)s1. The molecule has 2 amide bonds. The number of carbonyl (C=O) groups is 2. The molecule has 0 unspecified atom stereocenters. The lowest BCUT2D eigenvalue weighted by atomic mass is 10.0. The molecule has 1 aromatic heterocycles. The van der Waals surface area contributed by atoms with E-state index >= 15 is 0 Å². The smallest absolute Gasteiger partial charge is 0.248 e. The highest BCUT2D eigenvalue weighted by Gasteiger charge is 2.18. The van der Waals surface area contributed by atoms with E-state index in [0.717, 1.165) is 40.6 Å². The summed E-state index contributed by atoms with van der Waals surface area (Å²) in [4.78, 5) is 24.8. The Morgan fingerprint density at radius 2 is 1.89 bits per heavy atom. The van der Waals surface area contributed by atoms with Gasteiger partial charge in [0.15, 0.2) is 0 Å². The summed E-state index contributed by atoms with van der Waals surface area (Å²) in [6.07, 6.45) is 3.21. The molecule has 0 aliphatic rings. The number of benzene rings is 2. The van der Waals surface area contributed by atoms with Gasteiger partial charge >= 0.3 is 0 Å². The van der Waals surface area contributed by atoms with Crippen LogP contribution in [-0.4, -0.2) is 28.1 Å². The lowest BCUT2D eigenvalue weighted by Gasteiger charge is -2.13. The van der Waals surface area contributed by atoms with Crippen molar-refractivity contribution in [1.29, 1.82) is 0 Å². The fraction of sp³-hybridized carbons (Fsp3) is 0.333. The number of anilines is 1. The zero-order chi connectivity index (χ0) is 19.9. The molecule has 2 N–H and O–H groups in total. The first-order valence-corrected chi connectivity index (χ1v) is 10.3. The number of nitrogens with zero attached hydrogens (tertiary/aromatic N) is 2. The molecule has 146 valence electrons. The van der Waals surface area contributed by atoms with Crippen LogP contribution in [-0.2, 0) is 22.4 Å². The fourth-order valence-corrected chi connectivity index (χ4v) is 3.71. The second kappa shape index (κ2) is 9.41. The molecular formula is C21H24N4O2S. The summed E-state index contributed by atoms with van der Waals surface area (Å²) in [6, 6.07) is 13.2. The van der Waals surface area contributed by atoms with Crippen molar-refractivity contribution in [3.05, 3.63) is 53.0 Å². The maximum Gasteiger partial charge on any atom is 0.248 e. The highest BCUT2D eigenvalue weighted by atomic mass is 32.1. The monoisotopic (exact) mass is 396 g/mol. The minimum absolute atomic E-state index is 0.195. The number of hydrogen-bond donors (Lipinski definition) is 2. The molecule has 3 rings (SSSR count). The van der Waals surface area contributed by atoms with Gasteiger partial charge in [0, 0.05) is 6.42 Å². The predicted octanol–water partition coefficient (Wildman–Crippen LogP) is 3.72. The molecule has 0 fully saturated rings. The van der Waals surface area contributed by atoms with E-state index in [1.165, 1.54) is 11.3 Å². The predicted molar refractivity (Wildman–Crippen MR) is 112 cm³/mol. The number of unbranched alkanes of at least 4 members (excludes halogenated alkanes) is 1. The van der Waals surface area contributed by atoms with Gasteiger partial charge < -0.3 is 5.32 Å². The molecule has 0 spiro atoms. The number of aryl methyl sites for hydroxylation is 1. The number of fused-ring (bicyclic) bond motifs is 1. The topological polar surface area (TPSA) is 84.0 Å². The van der Waals surface area contributed by atoms with Gasteiger partial charge in [-0.05, 0) is 29.7 Å². The number of rotatable bonds is 8. The van der Waals surface area contributed by atoms with Crippen LogP contribution >= 0.6 is 11.3 Å². The number of nitrogens with one attached hydrogen (secondary N) is 2. The van der Waals surface area contributed by atoms with Crippen molar-refractivity contribution in [1.82, 2.24) is 15.5 Å². The normalized spacial score (nSPS) is 11.9. The number of carbonyl (C=O) groups excluding carboxylic acids is 2. The van der Waals surface area contributed by atoms with Crippen LogP contribution in [0.3, 0.4) is 0 Å². The first-order valence-electron chi connectivity index (χ1n) is 9.46. The van der Waals surface area contributed by atoms with E-state index in [-0.39, 0.29) is 18.2 Å². The van der Waals surface area contributed by atoms with Crippen LogP contribution in [0.2, 0.25) is 0 Å². The largest absolute Gasteiger partial charge is 0.344 e. The number of aromatic nitrogens is 2. The lowest BCUT2D eigenvalue weighted by Crippen LogP contribution is -2.42. The average Bonchev–Trinajstić information content (AvgIpc) is 3.13. The second-order valence-corrected chi connectivity index (χ2v) is 7.76. The highest BCUT2D eigenvalue weighted by Crippen LogP contribution is 2.19. The summed E-state index contributed by atoms with van der Waals surface area (Å²) in [7, 11) is 0. The van der Waals surface area contributed by atoms with Gasteiger partial charge in [-0.15, -0.1) is 10.2 Å². The van der Waals surface area contributed by atoms with Gasteiger partial charge in [0.1, 0.15) is 11.0 Å². The minimum atomic E-state index is -0.662. The van der Waals surface area contributed by atoms with Crippen molar-refractivity contribution in [2.75, 3.05) is 5.32 Å². The van der Waals surface area contributed by atoms with E-state index in [1.807, 2.05) is 42.5 Å². The first kappa shape index (κ1) is 19.9. The quantitative estimate of drug-likeness (QED) is 0.608. The number of hydrogen-bond acceptors (Lipinski definition) is 5. The molecule has 0 radical (unpaired) electrons. The standard InChI is InChI=1S/C21H24N4O2S/c1-3-4-12-19-24-25-21(28-19)23-20(27)14(2)22-18(26)13-16-10-7-9-15-8-5-6-11-17(15)16/h5-11,14H,3-4,12-13H2,1-2H3,(H,22,26)(H,23,25,27)/t14-/m1/s1. The van der Waals surface area contributed by atoms with Crippen LogP contribution in [0.4, 0.5) is 5.13 Å². The molecule has 1 heterocycles. The zero-order valence-corrected chi connectivity index (χ0v) is 16.9. The molecule has 7 heteroatoms. The molecular weight excluding hydrogens is 372 g/mol. The third kappa shape index (κ3) is 5.13. The van der Waals surface area contributed by atoms with E-state index in [0.29, 0.717) is 5.13 Å². The highest BCUT2D eigenvalue weighted by molar-refractivity contribution is 7.15. The van der Waals surface area contributed by atoms with E-state index < -0.39 is 6.04 Å². The van der Waals surface area contributed by atoms with Gasteiger partial charge in [0.25, 0.3) is 0 Å². The molecule has 2 aromatic carbocycles. The van der Waals surface area contributed by atoms with E-state index in [4.69, 9.17) is 0 Å². The molecule has 1 atom stereocenters. The van der Waals surface area contributed by atoms with Gasteiger partial charge in [-0.1, -0.05) is 67.1 Å². The Kier molecular flexibility index (Phi) is 6.71. The van der Waals surface area contributed by atoms with Crippen LogP contribution < -0.4 is 10.6 Å². The Morgan fingerprint density at radius 3 is 2.71 bits per heavy atom. The number of amides is 2. The van der Waals surface area contributed by atoms with Crippen LogP contribution in [0.1, 0.15) is 37.3 Å². The summed E-state index contributed by atoms with van der Waals surface area (Å²) in [5, 5.41) is 17.1. The molecule has 28 heavy (non-hydrogen) atoms. The molecule has 6 nitrogen and oxygen atoms in total. The fourth-order valence-electron chi connectivity index (χ4n) is 2.92. The molecule has 0 saturated heterocycles. The van der Waals surface area contributed by atoms with Crippen molar-refractivity contribution in [3.63, 3.8) is 0 Å². The Labute approximate surface area is 168 Å². The van der Waals surface area contributed by atoms with Crippen molar-refractivity contribution < 1.29 is 9.59 Å². The average molecular weight is 397 g/mol. The summed E-state index contributed by atoms with van der Waals surface area (Å²) >= 11 is 1.37. The molecule has 0 aliphatic heterocycles. The Hall–Kier alpha value is -2.80. The van der Waals surface area contributed by atoms with Crippen LogP contribution in [0.15, 0.2) is 42.5 Å². The Morgan fingerprint density at radius 1 is 1.11 bits per heavy atom. The molecule has 0 aliphatic carbocycles. The summed E-state index contributed by atoms with van der Waals surface area (Å²) in [5.41, 5.74) is 0.938. The third-order valence-electron chi connectivity index (χ3n) is 4.44. The second-order valence-electron chi connectivity index (χ2n) is 6.70. The minimum Gasteiger partial charge on any atom is -0.344 e. The van der Waals surface area contributed by atoms with Crippen molar-refractivity contribution in [2.45, 2.75) is 45.6 Å². The summed E-state index contributed by atoms with van der Waals surface area (Å²) in [6.45, 7) is 3.78. The Bertz CT molecular complexity index is 964. The molecule has 0 bridgehead atoms. The van der Waals surface area contributed by atoms with Crippen LogP contribution in [0.25, 0.3) is 10.8 Å². The van der Waals surface area contributed by atoms with E-state index in [2.05, 4.69) is 27.8 Å². The van der Waals surface area contributed by atoms with Gasteiger partial charge in [-0.25, -0.2) is 0 Å². The van der Waals surface area contributed by atoms with Gasteiger partial charge in [-0.2, -0.15) is 0 Å². The Balaban J connectivity index is 1.56. The lowest BCUT2D eigenvalue weighted by molar-refractivity contribution is -0.125. The van der Waals surface area contributed by atoms with E-state index in [1.54, 1.807) is 6.92 Å². The third-order valence-corrected chi connectivity index (χ3v) is 5.34. The first-order chi connectivity index (χ1) is 13.6. The van der Waals surface area contributed by atoms with Gasteiger partial charge in [-0.3, -0.25) is 14.9 Å². The maximum atomic E-state index is 12.4. The van der Waals surface area contributed by atoms with Gasteiger partial charge in [0.2, 0.25) is 16.9 Å². The molecule has 3 aromatic rings. The van der Waals surface area contributed by atoms with Crippen LogP contribution in [0, 0.1) is 0 Å².